The lowest BCUT2D eigenvalue weighted by Gasteiger charge is -2.40. The maximum atomic E-state index is 12.3. The molecule has 0 amide bonds. The molecule has 0 saturated heterocycles. The van der Waals surface area contributed by atoms with Crippen molar-refractivity contribution >= 4 is 11.8 Å². The molecule has 0 aliphatic heterocycles. The van der Waals surface area contributed by atoms with Crippen molar-refractivity contribution in [2.45, 2.75) is 48.1 Å². The summed E-state index contributed by atoms with van der Waals surface area (Å²) in [6, 6.07) is 62.1. The highest BCUT2D eigenvalue weighted by molar-refractivity contribution is 8.01. The Morgan fingerprint density at radius 1 is 0.420 bits per heavy atom. The van der Waals surface area contributed by atoms with Crippen LogP contribution >= 0.6 is 11.8 Å². The summed E-state index contributed by atoms with van der Waals surface area (Å²) in [6.07, 6.45) is -0.852. The Bertz CT molecular complexity index is 1670. The molecule has 0 heterocycles. The van der Waals surface area contributed by atoms with Gasteiger partial charge >= 0.3 is 0 Å². The molecule has 0 aliphatic carbocycles. The van der Waals surface area contributed by atoms with Gasteiger partial charge < -0.3 is 14.6 Å². The van der Waals surface area contributed by atoms with E-state index in [1.807, 2.05) is 72.8 Å². The minimum atomic E-state index is -0.940. The summed E-state index contributed by atoms with van der Waals surface area (Å²) in [6.45, 7) is 6.91. The van der Waals surface area contributed by atoms with Gasteiger partial charge in [-0.25, -0.2) is 0 Å². The summed E-state index contributed by atoms with van der Waals surface area (Å²) < 4.78 is 14.2. The van der Waals surface area contributed by atoms with Crippen LogP contribution in [0.3, 0.4) is 0 Å². The highest BCUT2D eigenvalue weighted by Gasteiger charge is 2.42. The number of rotatable bonds is 14. The van der Waals surface area contributed by atoms with Gasteiger partial charge in [0.2, 0.25) is 0 Å². The largest absolute Gasteiger partial charge is 0.389 e. The Morgan fingerprint density at radius 3 is 0.900 bits per heavy atom. The maximum Gasteiger partial charge on any atom is 0.143 e. The first-order chi connectivity index (χ1) is 24.3. The van der Waals surface area contributed by atoms with E-state index in [1.165, 1.54) is 0 Å². The third kappa shape index (κ3) is 7.80. The molecule has 2 atom stereocenters. The molecule has 0 fully saturated rings. The second kappa shape index (κ2) is 16.1. The third-order valence-electron chi connectivity index (χ3n) is 8.95. The molecule has 0 saturated carbocycles. The highest BCUT2D eigenvalue weighted by atomic mass is 32.2. The molecule has 6 aromatic carbocycles. The molecule has 0 radical (unpaired) electrons. The van der Waals surface area contributed by atoms with Crippen LogP contribution in [0.5, 0.6) is 0 Å². The molecule has 0 aromatic heterocycles. The van der Waals surface area contributed by atoms with Gasteiger partial charge in [-0.05, 0) is 33.4 Å². The first-order valence-corrected chi connectivity index (χ1v) is 18.2. The summed E-state index contributed by atoms with van der Waals surface area (Å²) in [7, 11) is 0. The van der Waals surface area contributed by atoms with Crippen molar-refractivity contribution in [2.24, 2.45) is 0 Å². The van der Waals surface area contributed by atoms with Gasteiger partial charge in [0.1, 0.15) is 11.2 Å². The van der Waals surface area contributed by atoms with E-state index in [2.05, 4.69) is 130 Å². The average molecular weight is 679 g/mol. The van der Waals surface area contributed by atoms with Crippen molar-refractivity contribution < 1.29 is 14.6 Å². The highest BCUT2D eigenvalue weighted by Crippen LogP contribution is 2.44. The normalized spacial score (nSPS) is 13.4. The van der Waals surface area contributed by atoms with Gasteiger partial charge in [-0.3, -0.25) is 0 Å². The molecule has 0 bridgehead atoms. The zero-order valence-corrected chi connectivity index (χ0v) is 29.9. The van der Waals surface area contributed by atoms with Gasteiger partial charge in [-0.2, -0.15) is 0 Å². The molecule has 4 heteroatoms. The van der Waals surface area contributed by atoms with Crippen molar-refractivity contribution in [1.29, 1.82) is 0 Å². The molecule has 3 nitrogen and oxygen atoms in total. The lowest BCUT2D eigenvalue weighted by Crippen LogP contribution is -2.42. The zero-order valence-electron chi connectivity index (χ0n) is 29.1. The first kappa shape index (κ1) is 35.4. The number of thioether (sulfide) groups is 1. The third-order valence-corrected chi connectivity index (χ3v) is 10.4. The van der Waals surface area contributed by atoms with Crippen molar-refractivity contribution in [3.8, 4) is 0 Å². The van der Waals surface area contributed by atoms with Crippen molar-refractivity contribution in [3.05, 3.63) is 215 Å². The summed E-state index contributed by atoms with van der Waals surface area (Å²) in [5, 5.41) is 11.9. The summed E-state index contributed by atoms with van der Waals surface area (Å²) in [4.78, 5) is 0. The topological polar surface area (TPSA) is 38.7 Å². The molecule has 6 aromatic rings. The van der Waals surface area contributed by atoms with Gasteiger partial charge in [0.25, 0.3) is 0 Å². The van der Waals surface area contributed by atoms with Gasteiger partial charge in [-0.15, -0.1) is 11.8 Å². The molecule has 254 valence electrons. The van der Waals surface area contributed by atoms with Crippen molar-refractivity contribution in [1.82, 2.24) is 0 Å². The van der Waals surface area contributed by atoms with Crippen LogP contribution < -0.4 is 0 Å². The Morgan fingerprint density at radius 2 is 0.660 bits per heavy atom. The van der Waals surface area contributed by atoms with Gasteiger partial charge in [0.05, 0.1) is 24.6 Å². The first-order valence-electron chi connectivity index (χ1n) is 17.3. The van der Waals surface area contributed by atoms with E-state index in [9.17, 15) is 5.11 Å². The lowest BCUT2D eigenvalue weighted by atomic mass is 9.80. The number of hydrogen-bond donors (Lipinski definition) is 1. The van der Waals surface area contributed by atoms with E-state index in [-0.39, 0.29) is 23.2 Å². The molecule has 1 N–H and O–H groups in total. The van der Waals surface area contributed by atoms with Gasteiger partial charge in [-0.1, -0.05) is 203 Å². The van der Waals surface area contributed by atoms with Crippen LogP contribution in [0, 0.1) is 0 Å². The van der Waals surface area contributed by atoms with Crippen LogP contribution in [-0.4, -0.2) is 34.4 Å². The maximum absolute atomic E-state index is 12.3. The van der Waals surface area contributed by atoms with Crippen LogP contribution in [0.25, 0.3) is 0 Å². The predicted octanol–water partition coefficient (Wildman–Crippen LogP) is 10.3. The van der Waals surface area contributed by atoms with E-state index in [0.29, 0.717) is 0 Å². The number of aliphatic hydroxyl groups excluding tert-OH is 1. The standard InChI is InChI=1S/C46H46O3S/c1-44(2,3)50-43(35-49-46(39-28-16-7-17-29-39,40-30-18-8-19-31-40)41-32-20-9-21-33-41)42(47)34-48-45(36-22-10-4-11-23-36,37-24-12-5-13-25-37)38-26-14-6-15-27-38/h4-33,42-43,47H,34-35H2,1-3H3/t42-,43-/m1/s1. The summed E-state index contributed by atoms with van der Waals surface area (Å²) in [5.41, 5.74) is 4.23. The molecule has 0 unspecified atom stereocenters. The minimum Gasteiger partial charge on any atom is -0.389 e. The van der Waals surface area contributed by atoms with E-state index in [4.69, 9.17) is 9.47 Å². The average Bonchev–Trinajstić information content (AvgIpc) is 3.17. The number of ether oxygens (including phenoxy) is 2. The number of benzene rings is 6. The monoisotopic (exact) mass is 678 g/mol. The summed E-state index contributed by atoms with van der Waals surface area (Å²) in [5.74, 6) is 0. The second-order valence-electron chi connectivity index (χ2n) is 13.5. The number of aliphatic hydroxyl groups is 1. The Kier molecular flexibility index (Phi) is 11.4. The smallest absolute Gasteiger partial charge is 0.143 e. The van der Waals surface area contributed by atoms with Crippen LogP contribution in [-0.2, 0) is 20.7 Å². The van der Waals surface area contributed by atoms with Gasteiger partial charge in [0.15, 0.2) is 0 Å². The van der Waals surface area contributed by atoms with Crippen LogP contribution in [0.4, 0.5) is 0 Å². The van der Waals surface area contributed by atoms with E-state index in [1.54, 1.807) is 11.8 Å². The Balaban J connectivity index is 1.39. The van der Waals surface area contributed by atoms with Crippen LogP contribution in [0.1, 0.15) is 54.2 Å². The van der Waals surface area contributed by atoms with E-state index in [0.717, 1.165) is 33.4 Å². The molecule has 50 heavy (non-hydrogen) atoms. The van der Waals surface area contributed by atoms with Crippen LogP contribution in [0.2, 0.25) is 0 Å². The van der Waals surface area contributed by atoms with Crippen molar-refractivity contribution in [3.63, 3.8) is 0 Å². The minimum absolute atomic E-state index is 0.0881. The fourth-order valence-electron chi connectivity index (χ4n) is 6.74. The van der Waals surface area contributed by atoms with E-state index >= 15 is 0 Å². The van der Waals surface area contributed by atoms with E-state index < -0.39 is 17.3 Å². The SMILES string of the molecule is CC(C)(C)S[C@H](COC(c1ccccc1)(c1ccccc1)c1ccccc1)[C@H](O)COC(c1ccccc1)(c1ccccc1)c1ccccc1. The fourth-order valence-corrected chi connectivity index (χ4v) is 8.02. The zero-order chi connectivity index (χ0) is 34.9. The fraction of sp³-hybridized carbons (Fsp3) is 0.217. The van der Waals surface area contributed by atoms with Crippen molar-refractivity contribution in [2.75, 3.05) is 13.2 Å². The molecule has 0 aliphatic rings. The lowest BCUT2D eigenvalue weighted by molar-refractivity contribution is -0.0545. The Labute approximate surface area is 302 Å². The molecule has 0 spiro atoms. The quantitative estimate of drug-likeness (QED) is 0.116. The molecule has 6 rings (SSSR count). The second-order valence-corrected chi connectivity index (χ2v) is 15.6. The Hall–Kier alpha value is -4.45. The molecular weight excluding hydrogens is 633 g/mol. The van der Waals surface area contributed by atoms with Gasteiger partial charge in [0, 0.05) is 4.75 Å². The predicted molar refractivity (Wildman–Crippen MR) is 207 cm³/mol. The summed E-state index contributed by atoms with van der Waals surface area (Å²) >= 11 is 1.72. The number of hydrogen-bond acceptors (Lipinski definition) is 4. The molecular formula is C46H46O3S. The van der Waals surface area contributed by atoms with Crippen LogP contribution in [0.15, 0.2) is 182 Å².